The van der Waals surface area contributed by atoms with Crippen molar-refractivity contribution in [3.05, 3.63) is 29.8 Å². The Kier molecular flexibility index (Phi) is 3.24. The first-order valence-corrected chi connectivity index (χ1v) is 5.90. The standard InChI is InChI=1S/C13H17F2N3/c1-13(2)6-8(13)7-17-12(16)18-11-5-9(14)3-4-10(11)15/h3-5,8H,6-7H2,1-2H3,(H3,16,17,18). The molecular formula is C13H17F2N3. The third-order valence-corrected chi connectivity index (χ3v) is 3.39. The van der Waals surface area contributed by atoms with Gasteiger partial charge in [0.15, 0.2) is 5.96 Å². The maximum atomic E-state index is 13.3. The first-order valence-electron chi connectivity index (χ1n) is 5.90. The smallest absolute Gasteiger partial charge is 0.193 e. The molecule has 2 rings (SSSR count). The number of nitrogens with one attached hydrogen (secondary N) is 1. The van der Waals surface area contributed by atoms with Crippen molar-refractivity contribution in [1.82, 2.24) is 0 Å². The van der Waals surface area contributed by atoms with Gasteiger partial charge in [-0.25, -0.2) is 8.78 Å². The molecule has 1 atom stereocenters. The van der Waals surface area contributed by atoms with Crippen molar-refractivity contribution in [2.45, 2.75) is 20.3 Å². The first-order chi connectivity index (χ1) is 8.38. The Morgan fingerprint density at radius 1 is 1.50 bits per heavy atom. The number of halogens is 2. The number of benzene rings is 1. The average molecular weight is 253 g/mol. The zero-order valence-corrected chi connectivity index (χ0v) is 10.5. The van der Waals surface area contributed by atoms with E-state index in [0.29, 0.717) is 17.9 Å². The van der Waals surface area contributed by atoms with Gasteiger partial charge < -0.3 is 11.1 Å². The molecule has 0 spiro atoms. The highest BCUT2D eigenvalue weighted by atomic mass is 19.1. The Bertz CT molecular complexity index is 483. The van der Waals surface area contributed by atoms with Crippen LogP contribution in [0.15, 0.2) is 23.2 Å². The Labute approximate surface area is 105 Å². The highest BCUT2D eigenvalue weighted by Gasteiger charge is 2.45. The van der Waals surface area contributed by atoms with Crippen LogP contribution < -0.4 is 11.1 Å². The number of nitrogens with zero attached hydrogens (tertiary/aromatic N) is 1. The summed E-state index contributed by atoms with van der Waals surface area (Å²) in [6.45, 7) is 4.95. The highest BCUT2D eigenvalue weighted by molar-refractivity contribution is 5.92. The lowest BCUT2D eigenvalue weighted by molar-refractivity contribution is 0.565. The van der Waals surface area contributed by atoms with Gasteiger partial charge in [0.2, 0.25) is 0 Å². The van der Waals surface area contributed by atoms with E-state index in [4.69, 9.17) is 5.73 Å². The van der Waals surface area contributed by atoms with Crippen LogP contribution in [-0.2, 0) is 0 Å². The van der Waals surface area contributed by atoms with Crippen molar-refractivity contribution in [3.63, 3.8) is 0 Å². The monoisotopic (exact) mass is 253 g/mol. The molecule has 1 saturated carbocycles. The topological polar surface area (TPSA) is 50.4 Å². The zero-order valence-electron chi connectivity index (χ0n) is 10.5. The van der Waals surface area contributed by atoms with Crippen LogP contribution in [0.25, 0.3) is 0 Å². The van der Waals surface area contributed by atoms with E-state index in [9.17, 15) is 8.78 Å². The molecule has 1 unspecified atom stereocenters. The summed E-state index contributed by atoms with van der Waals surface area (Å²) in [5.74, 6) is -0.436. The Hall–Kier alpha value is -1.65. The average Bonchev–Trinajstić information content (AvgIpc) is 2.89. The molecule has 5 heteroatoms. The van der Waals surface area contributed by atoms with Crippen molar-refractivity contribution in [1.29, 1.82) is 0 Å². The summed E-state index contributed by atoms with van der Waals surface area (Å²) in [5, 5.41) is 2.57. The van der Waals surface area contributed by atoms with Crippen LogP contribution in [0.2, 0.25) is 0 Å². The second-order valence-electron chi connectivity index (χ2n) is 5.36. The normalized spacial score (nSPS) is 21.8. The number of hydrogen-bond acceptors (Lipinski definition) is 1. The molecular weight excluding hydrogens is 236 g/mol. The van der Waals surface area contributed by atoms with Gasteiger partial charge in [-0.1, -0.05) is 13.8 Å². The molecule has 0 bridgehead atoms. The molecule has 0 aliphatic heterocycles. The maximum Gasteiger partial charge on any atom is 0.193 e. The number of anilines is 1. The largest absolute Gasteiger partial charge is 0.370 e. The number of rotatable bonds is 3. The fourth-order valence-corrected chi connectivity index (χ4v) is 1.87. The number of nitrogens with two attached hydrogens (primary N) is 1. The molecule has 0 radical (unpaired) electrons. The van der Waals surface area contributed by atoms with Crippen LogP contribution in [0.4, 0.5) is 14.5 Å². The molecule has 0 aromatic heterocycles. The van der Waals surface area contributed by atoms with E-state index in [0.717, 1.165) is 24.6 Å². The number of aliphatic imine (C=N–C) groups is 1. The third kappa shape index (κ3) is 2.97. The van der Waals surface area contributed by atoms with Gasteiger partial charge in [-0.05, 0) is 29.9 Å². The van der Waals surface area contributed by atoms with Gasteiger partial charge in [0.1, 0.15) is 11.6 Å². The lowest BCUT2D eigenvalue weighted by atomic mass is 10.1. The van der Waals surface area contributed by atoms with E-state index in [1.54, 1.807) is 0 Å². The molecule has 98 valence electrons. The van der Waals surface area contributed by atoms with E-state index in [2.05, 4.69) is 24.2 Å². The number of guanidine groups is 1. The second-order valence-corrected chi connectivity index (χ2v) is 5.36. The molecule has 3 nitrogen and oxygen atoms in total. The molecule has 1 aromatic carbocycles. The summed E-state index contributed by atoms with van der Waals surface area (Å²) in [5.41, 5.74) is 5.97. The molecule has 0 amide bonds. The summed E-state index contributed by atoms with van der Waals surface area (Å²) in [7, 11) is 0. The van der Waals surface area contributed by atoms with Gasteiger partial charge in [0, 0.05) is 12.6 Å². The second kappa shape index (κ2) is 4.55. The predicted molar refractivity (Wildman–Crippen MR) is 68.4 cm³/mol. The predicted octanol–water partition coefficient (Wildman–Crippen LogP) is 2.74. The quantitative estimate of drug-likeness (QED) is 0.643. The molecule has 3 N–H and O–H groups in total. The fourth-order valence-electron chi connectivity index (χ4n) is 1.87. The van der Waals surface area contributed by atoms with Crippen LogP contribution in [0.1, 0.15) is 20.3 Å². The summed E-state index contributed by atoms with van der Waals surface area (Å²) in [6.07, 6.45) is 1.12. The van der Waals surface area contributed by atoms with Crippen molar-refractivity contribution in [2.75, 3.05) is 11.9 Å². The minimum Gasteiger partial charge on any atom is -0.370 e. The van der Waals surface area contributed by atoms with Crippen LogP contribution in [0.3, 0.4) is 0 Å². The zero-order chi connectivity index (χ0) is 13.3. The number of hydrogen-bond donors (Lipinski definition) is 2. The molecule has 1 fully saturated rings. The van der Waals surface area contributed by atoms with Gasteiger partial charge in [-0.15, -0.1) is 0 Å². The Morgan fingerprint density at radius 3 is 2.78 bits per heavy atom. The van der Waals surface area contributed by atoms with Gasteiger partial charge in [-0.2, -0.15) is 0 Å². The van der Waals surface area contributed by atoms with Crippen LogP contribution >= 0.6 is 0 Å². The first kappa shape index (κ1) is 12.8. The molecule has 0 saturated heterocycles. The van der Waals surface area contributed by atoms with Gasteiger partial charge in [0.05, 0.1) is 5.69 Å². The minimum atomic E-state index is -0.554. The summed E-state index contributed by atoms with van der Waals surface area (Å²) in [6, 6.07) is 3.16. The van der Waals surface area contributed by atoms with Gasteiger partial charge in [0.25, 0.3) is 0 Å². The molecule has 18 heavy (non-hydrogen) atoms. The SMILES string of the molecule is CC1(C)CC1CN=C(N)Nc1cc(F)ccc1F. The highest BCUT2D eigenvalue weighted by Crippen LogP contribution is 2.51. The summed E-state index contributed by atoms with van der Waals surface area (Å²) >= 11 is 0. The van der Waals surface area contributed by atoms with Crippen molar-refractivity contribution >= 4 is 11.6 Å². The van der Waals surface area contributed by atoms with Crippen molar-refractivity contribution < 1.29 is 8.78 Å². The lowest BCUT2D eigenvalue weighted by Crippen LogP contribution is -2.24. The van der Waals surface area contributed by atoms with Crippen molar-refractivity contribution in [3.8, 4) is 0 Å². The van der Waals surface area contributed by atoms with Gasteiger partial charge in [-0.3, -0.25) is 4.99 Å². The molecule has 1 aromatic rings. The van der Waals surface area contributed by atoms with E-state index in [1.807, 2.05) is 0 Å². The Balaban J connectivity index is 1.96. The fraction of sp³-hybridized carbons (Fsp3) is 0.462. The third-order valence-electron chi connectivity index (χ3n) is 3.39. The maximum absolute atomic E-state index is 13.3. The van der Waals surface area contributed by atoms with Gasteiger partial charge >= 0.3 is 0 Å². The van der Waals surface area contributed by atoms with Crippen molar-refractivity contribution in [2.24, 2.45) is 22.1 Å². The van der Waals surface area contributed by atoms with Crippen LogP contribution in [0.5, 0.6) is 0 Å². The van der Waals surface area contributed by atoms with E-state index in [1.165, 1.54) is 0 Å². The molecule has 1 aliphatic rings. The van der Waals surface area contributed by atoms with E-state index >= 15 is 0 Å². The molecule has 0 heterocycles. The van der Waals surface area contributed by atoms with Crippen LogP contribution in [0, 0.1) is 23.0 Å². The Morgan fingerprint density at radius 2 is 2.17 bits per heavy atom. The van der Waals surface area contributed by atoms with E-state index in [-0.39, 0.29) is 11.6 Å². The molecule has 1 aliphatic carbocycles. The van der Waals surface area contributed by atoms with E-state index < -0.39 is 11.6 Å². The lowest BCUT2D eigenvalue weighted by Gasteiger charge is -2.07. The van der Waals surface area contributed by atoms with Crippen LogP contribution in [-0.4, -0.2) is 12.5 Å². The summed E-state index contributed by atoms with van der Waals surface area (Å²) < 4.78 is 26.3. The summed E-state index contributed by atoms with van der Waals surface area (Å²) in [4.78, 5) is 4.14. The minimum absolute atomic E-state index is 0.00584.